The summed E-state index contributed by atoms with van der Waals surface area (Å²) in [4.78, 5) is 13.6. The first-order valence-electron chi connectivity index (χ1n) is 7.36. The Morgan fingerprint density at radius 3 is 2.82 bits per heavy atom. The Kier molecular flexibility index (Phi) is 3.96. The quantitative estimate of drug-likeness (QED) is 0.866. The van der Waals surface area contributed by atoms with Gasteiger partial charge in [0.25, 0.3) is 5.91 Å². The Labute approximate surface area is 129 Å². The standard InChI is InChI=1S/C16H20N4O2/c1-19-13-7-8-20(9-12(13)15(18-19)16(17)22)10-14(21)11-5-3-2-4-6-11/h2-6,14,21H,7-10H2,1H3,(H2,17,22)/t14-/m1/s1. The van der Waals surface area contributed by atoms with Gasteiger partial charge in [0.15, 0.2) is 5.69 Å². The number of hydrogen-bond acceptors (Lipinski definition) is 4. The van der Waals surface area contributed by atoms with Crippen LogP contribution < -0.4 is 5.73 Å². The minimum absolute atomic E-state index is 0.344. The molecule has 0 radical (unpaired) electrons. The fraction of sp³-hybridized carbons (Fsp3) is 0.375. The molecule has 1 aliphatic rings. The van der Waals surface area contributed by atoms with Gasteiger partial charge in [-0.2, -0.15) is 5.10 Å². The molecular formula is C16H20N4O2. The summed E-state index contributed by atoms with van der Waals surface area (Å²) in [6.07, 6.45) is 0.254. The van der Waals surface area contributed by atoms with E-state index in [0.717, 1.165) is 29.8 Å². The van der Waals surface area contributed by atoms with Gasteiger partial charge in [0.1, 0.15) is 0 Å². The Balaban J connectivity index is 1.76. The van der Waals surface area contributed by atoms with Crippen LogP contribution in [0.25, 0.3) is 0 Å². The molecule has 1 amide bonds. The van der Waals surface area contributed by atoms with Gasteiger partial charge in [0.2, 0.25) is 0 Å². The van der Waals surface area contributed by atoms with E-state index in [9.17, 15) is 9.90 Å². The van der Waals surface area contributed by atoms with Crippen LogP contribution >= 0.6 is 0 Å². The number of fused-ring (bicyclic) bond motifs is 1. The number of hydrogen-bond donors (Lipinski definition) is 2. The molecule has 0 aliphatic carbocycles. The smallest absolute Gasteiger partial charge is 0.269 e. The number of nitrogens with two attached hydrogens (primary N) is 1. The van der Waals surface area contributed by atoms with E-state index >= 15 is 0 Å². The first-order chi connectivity index (χ1) is 10.6. The second-order valence-corrected chi connectivity index (χ2v) is 5.67. The summed E-state index contributed by atoms with van der Waals surface area (Å²) >= 11 is 0. The molecular weight excluding hydrogens is 280 g/mol. The predicted molar refractivity (Wildman–Crippen MR) is 82.1 cm³/mol. The maximum Gasteiger partial charge on any atom is 0.269 e. The molecule has 2 aromatic rings. The van der Waals surface area contributed by atoms with E-state index in [4.69, 9.17) is 5.73 Å². The second-order valence-electron chi connectivity index (χ2n) is 5.67. The number of aliphatic hydroxyl groups is 1. The molecule has 1 atom stereocenters. The average Bonchev–Trinajstić information content (AvgIpc) is 2.85. The van der Waals surface area contributed by atoms with Crippen LogP contribution in [0.2, 0.25) is 0 Å². The lowest BCUT2D eigenvalue weighted by atomic mass is 10.0. The normalized spacial score (nSPS) is 16.3. The third-order valence-corrected chi connectivity index (χ3v) is 4.17. The van der Waals surface area contributed by atoms with Crippen molar-refractivity contribution in [3.8, 4) is 0 Å². The lowest BCUT2D eigenvalue weighted by Crippen LogP contribution is -2.35. The highest BCUT2D eigenvalue weighted by molar-refractivity contribution is 5.92. The van der Waals surface area contributed by atoms with Crippen molar-refractivity contribution in [2.45, 2.75) is 19.1 Å². The summed E-state index contributed by atoms with van der Waals surface area (Å²) in [5.74, 6) is -0.498. The second kappa shape index (κ2) is 5.90. The molecule has 6 heteroatoms. The molecule has 2 heterocycles. The number of carbonyl (C=O) groups excluding carboxylic acids is 1. The number of aryl methyl sites for hydroxylation is 1. The lowest BCUT2D eigenvalue weighted by molar-refractivity contribution is 0.0983. The molecule has 3 N–H and O–H groups in total. The molecule has 0 saturated carbocycles. The largest absolute Gasteiger partial charge is 0.387 e. The zero-order valence-corrected chi connectivity index (χ0v) is 12.6. The fourth-order valence-electron chi connectivity index (χ4n) is 3.03. The number of primary amides is 1. The van der Waals surface area contributed by atoms with E-state index in [1.807, 2.05) is 37.4 Å². The molecule has 1 aromatic heterocycles. The number of amides is 1. The maximum absolute atomic E-state index is 11.5. The van der Waals surface area contributed by atoms with Gasteiger partial charge >= 0.3 is 0 Å². The van der Waals surface area contributed by atoms with Crippen LogP contribution in [0.1, 0.15) is 33.4 Å². The van der Waals surface area contributed by atoms with Crippen molar-refractivity contribution < 1.29 is 9.90 Å². The topological polar surface area (TPSA) is 84.4 Å². The molecule has 0 unspecified atom stereocenters. The summed E-state index contributed by atoms with van der Waals surface area (Å²) in [6.45, 7) is 1.94. The average molecular weight is 300 g/mol. The molecule has 0 saturated heterocycles. The number of nitrogens with zero attached hydrogens (tertiary/aromatic N) is 3. The molecule has 1 aromatic carbocycles. The minimum atomic E-state index is -0.545. The van der Waals surface area contributed by atoms with Crippen molar-refractivity contribution in [3.05, 3.63) is 52.8 Å². The van der Waals surface area contributed by atoms with Crippen molar-refractivity contribution >= 4 is 5.91 Å². The molecule has 1 aliphatic heterocycles. The molecule has 116 valence electrons. The maximum atomic E-state index is 11.5. The summed E-state index contributed by atoms with van der Waals surface area (Å²) in [5, 5.41) is 14.6. The van der Waals surface area contributed by atoms with Crippen LogP contribution in [-0.2, 0) is 20.0 Å². The van der Waals surface area contributed by atoms with Gasteiger partial charge in [-0.25, -0.2) is 0 Å². The van der Waals surface area contributed by atoms with Gasteiger partial charge < -0.3 is 10.8 Å². The van der Waals surface area contributed by atoms with E-state index in [2.05, 4.69) is 10.00 Å². The molecule has 0 fully saturated rings. The van der Waals surface area contributed by atoms with Crippen molar-refractivity contribution in [3.63, 3.8) is 0 Å². The molecule has 0 spiro atoms. The van der Waals surface area contributed by atoms with Gasteiger partial charge in [-0.15, -0.1) is 0 Å². The molecule has 6 nitrogen and oxygen atoms in total. The SMILES string of the molecule is Cn1nc(C(N)=O)c2c1CCN(C[C@@H](O)c1ccccc1)C2. The van der Waals surface area contributed by atoms with Gasteiger partial charge in [0.05, 0.1) is 6.10 Å². The first kappa shape index (κ1) is 14.7. The first-order valence-corrected chi connectivity index (χ1v) is 7.36. The van der Waals surface area contributed by atoms with Crippen LogP contribution in [0, 0.1) is 0 Å². The van der Waals surface area contributed by atoms with E-state index in [-0.39, 0.29) is 0 Å². The number of aromatic nitrogens is 2. The highest BCUT2D eigenvalue weighted by atomic mass is 16.3. The van der Waals surface area contributed by atoms with Crippen LogP contribution in [0.4, 0.5) is 0 Å². The van der Waals surface area contributed by atoms with Crippen LogP contribution in [0.5, 0.6) is 0 Å². The van der Waals surface area contributed by atoms with Crippen LogP contribution in [-0.4, -0.2) is 38.8 Å². The summed E-state index contributed by atoms with van der Waals surface area (Å²) in [5.41, 5.74) is 8.59. The van der Waals surface area contributed by atoms with Gasteiger partial charge in [0, 0.05) is 44.4 Å². The van der Waals surface area contributed by atoms with Gasteiger partial charge in [-0.1, -0.05) is 30.3 Å². The predicted octanol–water partition coefficient (Wildman–Crippen LogP) is 0.611. The highest BCUT2D eigenvalue weighted by Crippen LogP contribution is 2.24. The number of aliphatic hydroxyl groups excluding tert-OH is 1. The van der Waals surface area contributed by atoms with Gasteiger partial charge in [-0.3, -0.25) is 14.4 Å². The Hall–Kier alpha value is -2.18. The number of rotatable bonds is 4. The van der Waals surface area contributed by atoms with Crippen molar-refractivity contribution in [1.82, 2.24) is 14.7 Å². The number of benzene rings is 1. The third kappa shape index (κ3) is 2.75. The van der Waals surface area contributed by atoms with Crippen molar-refractivity contribution in [2.75, 3.05) is 13.1 Å². The Bertz CT molecular complexity index is 681. The van der Waals surface area contributed by atoms with Crippen LogP contribution in [0.15, 0.2) is 30.3 Å². The van der Waals surface area contributed by atoms with E-state index < -0.39 is 12.0 Å². The van der Waals surface area contributed by atoms with Crippen LogP contribution in [0.3, 0.4) is 0 Å². The molecule has 0 bridgehead atoms. The van der Waals surface area contributed by atoms with E-state index in [0.29, 0.717) is 18.8 Å². The minimum Gasteiger partial charge on any atom is -0.387 e. The highest BCUT2D eigenvalue weighted by Gasteiger charge is 2.27. The van der Waals surface area contributed by atoms with Gasteiger partial charge in [-0.05, 0) is 5.56 Å². The number of β-amino-alcohol motifs (C(OH)–C–C–N with tert-alkyl or cyclic N) is 1. The summed E-state index contributed by atoms with van der Waals surface area (Å²) in [7, 11) is 1.83. The monoisotopic (exact) mass is 300 g/mol. The van der Waals surface area contributed by atoms with Crippen molar-refractivity contribution in [2.24, 2.45) is 12.8 Å². The van der Waals surface area contributed by atoms with Crippen molar-refractivity contribution in [1.29, 1.82) is 0 Å². The Morgan fingerprint density at radius 2 is 2.14 bits per heavy atom. The zero-order chi connectivity index (χ0) is 15.7. The van der Waals surface area contributed by atoms with E-state index in [1.54, 1.807) is 4.68 Å². The lowest BCUT2D eigenvalue weighted by Gasteiger charge is -2.29. The Morgan fingerprint density at radius 1 is 1.41 bits per heavy atom. The number of carbonyl (C=O) groups is 1. The summed E-state index contributed by atoms with van der Waals surface area (Å²) in [6, 6.07) is 9.59. The fourth-order valence-corrected chi connectivity index (χ4v) is 3.03. The molecule has 22 heavy (non-hydrogen) atoms. The molecule has 3 rings (SSSR count). The zero-order valence-electron chi connectivity index (χ0n) is 12.6. The van der Waals surface area contributed by atoms with E-state index in [1.165, 1.54) is 0 Å². The summed E-state index contributed by atoms with van der Waals surface area (Å²) < 4.78 is 1.74. The third-order valence-electron chi connectivity index (χ3n) is 4.17.